The highest BCUT2D eigenvalue weighted by Gasteiger charge is 2.59. The number of ether oxygens (including phenoxy) is 4. The van der Waals surface area contributed by atoms with E-state index in [9.17, 15) is 32.3 Å². The highest BCUT2D eigenvalue weighted by atomic mass is 32.1. The van der Waals surface area contributed by atoms with Crippen molar-refractivity contribution < 1.29 is 51.3 Å². The molecule has 0 radical (unpaired) electrons. The fourth-order valence-electron chi connectivity index (χ4n) is 3.43. The Balaban J connectivity index is 2.68. The Bertz CT molecular complexity index is 939. The normalized spacial score (nSPS) is 26.8. The van der Waals surface area contributed by atoms with Crippen LogP contribution in [0.15, 0.2) is 24.3 Å². The maximum absolute atomic E-state index is 13.2. The van der Waals surface area contributed by atoms with Crippen LogP contribution in [0.25, 0.3) is 0 Å². The predicted octanol–water partition coefficient (Wildman–Crippen LogP) is 1.95. The Morgan fingerprint density at radius 2 is 1.53 bits per heavy atom. The van der Waals surface area contributed by atoms with E-state index in [4.69, 9.17) is 18.9 Å². The monoisotopic (exact) mass is 507 g/mol. The molecule has 188 valence electrons. The number of halogens is 3. The Morgan fingerprint density at radius 3 is 2.00 bits per heavy atom. The molecule has 1 fully saturated rings. The average Bonchev–Trinajstić information content (AvgIpc) is 2.70. The molecule has 0 aliphatic carbocycles. The molecule has 9 nitrogen and oxygen atoms in total. The molecular formula is C21H24F3NO8S. The lowest BCUT2D eigenvalue weighted by Gasteiger charge is -2.50. The number of aryl methyl sites for hydroxylation is 1. The molecule has 1 N–H and O–H groups in total. The van der Waals surface area contributed by atoms with Gasteiger partial charge in [0.05, 0.1) is 0 Å². The SMILES string of the molecule is CC(=O)OC[C@H]1O[C@](S)(c2ccc(C)cc2)[C@H](NC(=O)C(F)(F)F)[C@@H](OC(C)=O)[C@H]1OC(C)=O. The van der Waals surface area contributed by atoms with Crippen LogP contribution in [-0.4, -0.2) is 61.0 Å². The van der Waals surface area contributed by atoms with E-state index < -0.39 is 65.9 Å². The topological polar surface area (TPSA) is 117 Å². The van der Waals surface area contributed by atoms with Gasteiger partial charge in [0, 0.05) is 20.8 Å². The third-order valence-electron chi connectivity index (χ3n) is 4.84. The van der Waals surface area contributed by atoms with Crippen LogP contribution < -0.4 is 5.32 Å². The van der Waals surface area contributed by atoms with E-state index in [1.165, 1.54) is 12.1 Å². The van der Waals surface area contributed by atoms with Gasteiger partial charge in [-0.2, -0.15) is 13.2 Å². The van der Waals surface area contributed by atoms with Gasteiger partial charge in [0.1, 0.15) is 18.8 Å². The van der Waals surface area contributed by atoms with Gasteiger partial charge in [0.25, 0.3) is 0 Å². The van der Waals surface area contributed by atoms with Gasteiger partial charge < -0.3 is 24.3 Å². The number of rotatable bonds is 6. The zero-order valence-electron chi connectivity index (χ0n) is 18.7. The highest BCUT2D eigenvalue weighted by Crippen LogP contribution is 2.44. The number of thiol groups is 1. The smallest absolute Gasteiger partial charge is 0.463 e. The Kier molecular flexibility index (Phi) is 8.59. The summed E-state index contributed by atoms with van der Waals surface area (Å²) in [6.07, 6.45) is -9.87. The molecule has 1 aromatic carbocycles. The van der Waals surface area contributed by atoms with Gasteiger partial charge in [0.2, 0.25) is 0 Å². The molecule has 1 heterocycles. The van der Waals surface area contributed by atoms with Gasteiger partial charge in [-0.05, 0) is 12.5 Å². The summed E-state index contributed by atoms with van der Waals surface area (Å²) in [7, 11) is 0. The first-order valence-electron chi connectivity index (χ1n) is 9.98. The quantitative estimate of drug-likeness (QED) is 0.341. The van der Waals surface area contributed by atoms with Gasteiger partial charge in [0.15, 0.2) is 17.1 Å². The highest BCUT2D eigenvalue weighted by molar-refractivity contribution is 7.81. The lowest BCUT2D eigenvalue weighted by atomic mass is 9.87. The van der Waals surface area contributed by atoms with E-state index in [1.54, 1.807) is 24.4 Å². The van der Waals surface area contributed by atoms with E-state index in [-0.39, 0.29) is 5.56 Å². The summed E-state index contributed by atoms with van der Waals surface area (Å²) in [5.74, 6) is -4.91. The molecule has 1 amide bonds. The van der Waals surface area contributed by atoms with Crippen molar-refractivity contribution in [1.29, 1.82) is 0 Å². The maximum atomic E-state index is 13.2. The third kappa shape index (κ3) is 6.63. The molecule has 5 atom stereocenters. The predicted molar refractivity (Wildman–Crippen MR) is 112 cm³/mol. The van der Waals surface area contributed by atoms with Gasteiger partial charge in [-0.1, -0.05) is 29.8 Å². The minimum atomic E-state index is -5.30. The molecule has 1 aromatic rings. The lowest BCUT2D eigenvalue weighted by Crippen LogP contribution is -2.69. The summed E-state index contributed by atoms with van der Waals surface area (Å²) >= 11 is 4.48. The van der Waals surface area contributed by atoms with Crippen molar-refractivity contribution >= 4 is 36.4 Å². The molecule has 0 spiro atoms. The van der Waals surface area contributed by atoms with Crippen LogP contribution in [-0.2, 0) is 43.1 Å². The molecular weight excluding hydrogens is 483 g/mol. The second kappa shape index (κ2) is 10.6. The van der Waals surface area contributed by atoms with Crippen LogP contribution in [0.3, 0.4) is 0 Å². The number of esters is 3. The molecule has 0 saturated carbocycles. The number of hydrogen-bond donors (Lipinski definition) is 2. The fourth-order valence-corrected chi connectivity index (χ4v) is 3.92. The molecule has 0 aromatic heterocycles. The van der Waals surface area contributed by atoms with Crippen LogP contribution in [0.5, 0.6) is 0 Å². The summed E-state index contributed by atoms with van der Waals surface area (Å²) in [4.78, 5) is 44.9. The number of hydrogen-bond acceptors (Lipinski definition) is 9. The largest absolute Gasteiger partial charge is 0.471 e. The Labute approximate surface area is 198 Å². The van der Waals surface area contributed by atoms with Crippen molar-refractivity contribution in [2.24, 2.45) is 0 Å². The van der Waals surface area contributed by atoms with Crippen LogP contribution in [0.1, 0.15) is 31.9 Å². The number of amides is 1. The summed E-state index contributed by atoms with van der Waals surface area (Å²) < 4.78 is 60.8. The van der Waals surface area contributed by atoms with Crippen LogP contribution in [0.2, 0.25) is 0 Å². The third-order valence-corrected chi connectivity index (χ3v) is 5.48. The van der Waals surface area contributed by atoms with Gasteiger partial charge in [-0.15, -0.1) is 12.6 Å². The number of carbonyl (C=O) groups excluding carboxylic acids is 4. The Hall–Kier alpha value is -2.80. The Morgan fingerprint density at radius 1 is 1.00 bits per heavy atom. The second-order valence-electron chi connectivity index (χ2n) is 7.62. The molecule has 13 heteroatoms. The van der Waals surface area contributed by atoms with Crippen molar-refractivity contribution in [1.82, 2.24) is 5.32 Å². The number of alkyl halides is 3. The number of nitrogens with one attached hydrogen (secondary N) is 1. The molecule has 1 aliphatic heterocycles. The van der Waals surface area contributed by atoms with Crippen molar-refractivity contribution in [3.05, 3.63) is 35.4 Å². The van der Waals surface area contributed by atoms with E-state index in [0.717, 1.165) is 26.3 Å². The maximum Gasteiger partial charge on any atom is 0.471 e. The minimum Gasteiger partial charge on any atom is -0.463 e. The average molecular weight is 507 g/mol. The van der Waals surface area contributed by atoms with E-state index in [2.05, 4.69) is 12.6 Å². The first-order chi connectivity index (χ1) is 15.6. The summed E-state index contributed by atoms with van der Waals surface area (Å²) in [6.45, 7) is 4.35. The second-order valence-corrected chi connectivity index (χ2v) is 8.28. The van der Waals surface area contributed by atoms with Crippen LogP contribution in [0.4, 0.5) is 13.2 Å². The molecule has 1 saturated heterocycles. The summed E-state index contributed by atoms with van der Waals surface area (Å²) in [6, 6.07) is 4.46. The van der Waals surface area contributed by atoms with Crippen molar-refractivity contribution in [2.45, 2.75) is 63.2 Å². The molecule has 0 unspecified atom stereocenters. The standard InChI is InChI=1S/C21H24F3NO8S/c1-10-5-7-14(8-6-10)20(34)18(25-19(29)21(22,23)24)17(32-13(4)28)16(31-12(3)27)15(33-20)9-30-11(2)26/h5-8,15-18,34H,9H2,1-4H3,(H,25,29)/t15-,16+,17+,18-,20+/m1/s1. The zero-order chi connectivity index (χ0) is 25.8. The first-order valence-corrected chi connectivity index (χ1v) is 10.4. The van der Waals surface area contributed by atoms with E-state index in [0.29, 0.717) is 0 Å². The molecule has 34 heavy (non-hydrogen) atoms. The van der Waals surface area contributed by atoms with Gasteiger partial charge in [-0.3, -0.25) is 19.2 Å². The van der Waals surface area contributed by atoms with Crippen LogP contribution in [0, 0.1) is 6.92 Å². The van der Waals surface area contributed by atoms with Gasteiger partial charge >= 0.3 is 30.0 Å². The van der Waals surface area contributed by atoms with Crippen LogP contribution >= 0.6 is 12.6 Å². The molecule has 0 bridgehead atoms. The fraction of sp³-hybridized carbons (Fsp3) is 0.524. The number of benzene rings is 1. The van der Waals surface area contributed by atoms with Crippen molar-refractivity contribution in [3.8, 4) is 0 Å². The zero-order valence-corrected chi connectivity index (χ0v) is 19.6. The summed E-state index contributed by atoms with van der Waals surface area (Å²) in [5.41, 5.74) is 0.998. The lowest BCUT2D eigenvalue weighted by molar-refractivity contribution is -0.235. The van der Waals surface area contributed by atoms with Gasteiger partial charge in [-0.25, -0.2) is 0 Å². The minimum absolute atomic E-state index is 0.195. The number of carbonyl (C=O) groups is 4. The molecule has 1 aliphatic rings. The van der Waals surface area contributed by atoms with E-state index in [1.807, 2.05) is 0 Å². The van der Waals surface area contributed by atoms with Crippen molar-refractivity contribution in [3.63, 3.8) is 0 Å². The van der Waals surface area contributed by atoms with E-state index >= 15 is 0 Å². The summed E-state index contributed by atoms with van der Waals surface area (Å²) in [5, 5.41) is 1.77. The molecule has 2 rings (SSSR count). The first kappa shape index (κ1) is 27.4. The van der Waals surface area contributed by atoms with Crippen molar-refractivity contribution in [2.75, 3.05) is 6.61 Å².